The van der Waals surface area contributed by atoms with E-state index in [1.54, 1.807) is 0 Å². The van der Waals surface area contributed by atoms with Gasteiger partial charge < -0.3 is 0 Å². The summed E-state index contributed by atoms with van der Waals surface area (Å²) in [6.07, 6.45) is 0. The van der Waals surface area contributed by atoms with Crippen molar-refractivity contribution in [2.45, 2.75) is 0 Å². The van der Waals surface area contributed by atoms with Gasteiger partial charge in [0.05, 0.1) is 0 Å². The number of rotatable bonds is 0. The molecule has 0 atom stereocenters. The van der Waals surface area contributed by atoms with Crippen LogP contribution in [0.1, 0.15) is 0 Å². The molecule has 0 N–H and O–H groups in total. The van der Waals surface area contributed by atoms with Crippen molar-refractivity contribution in [2.24, 2.45) is 0 Å². The minimum atomic E-state index is -0.0833. The van der Waals surface area contributed by atoms with Crippen molar-refractivity contribution in [1.29, 1.82) is 0 Å². The van der Waals surface area contributed by atoms with Crippen LogP contribution in [0, 0.1) is 33.8 Å². The molecule has 6 heteroatoms. The van der Waals surface area contributed by atoms with E-state index in [2.05, 4.69) is 0 Å². The van der Waals surface area contributed by atoms with Crippen molar-refractivity contribution in [2.75, 3.05) is 0 Å². The van der Waals surface area contributed by atoms with Gasteiger partial charge >= 0.3 is 84.9 Å². The first-order chi connectivity index (χ1) is 3.00. The minimum absolute atomic E-state index is 0.0556. The standard InChI is InChI=1S/Bi.La.3O.Zn.H. The van der Waals surface area contributed by atoms with Crippen molar-refractivity contribution in [3.05, 3.63) is 0 Å². The normalized spacial score (nSPS) is 2.67. The van der Waals surface area contributed by atoms with Gasteiger partial charge in [-0.25, -0.2) is 0 Å². The molecule has 0 aliphatic carbocycles. The second-order valence-corrected chi connectivity index (χ2v) is 0. The molecule has 0 saturated heterocycles. The van der Waals surface area contributed by atoms with Gasteiger partial charge in [-0.2, -0.15) is 0 Å². The monoisotopic (exact) mass is 461 g/mol. The van der Waals surface area contributed by atoms with Gasteiger partial charge in [-0.15, -0.1) is 0 Å². The molecule has 6 heavy (non-hydrogen) atoms. The molecule has 0 aromatic carbocycles. The molecule has 0 saturated carbocycles. The van der Waals surface area contributed by atoms with Crippen LogP contribution in [0.25, 0.3) is 0 Å². The Morgan fingerprint density at radius 1 is 1.17 bits per heavy atom. The Morgan fingerprint density at radius 3 is 1.17 bits per heavy atom. The summed E-state index contributed by atoms with van der Waals surface area (Å²) >= 11 is 0.0972. The molecule has 0 unspecified atom stereocenters. The van der Waals surface area contributed by atoms with Gasteiger partial charge in [-0.05, 0) is 0 Å². The maximum atomic E-state index is 8.42. The van der Waals surface area contributed by atoms with Gasteiger partial charge in [0.25, 0.3) is 0 Å². The SMILES string of the molecule is [O]=[BiH].[O]=[La].[O]=[Zn]. The van der Waals surface area contributed by atoms with Crippen LogP contribution in [0.2, 0.25) is 0 Å². The molecule has 29 valence electrons. The van der Waals surface area contributed by atoms with Crippen molar-refractivity contribution in [1.82, 2.24) is 0 Å². The molecule has 0 aliphatic rings. The molecule has 0 fully saturated rings. The Bertz CT molecular complexity index is 15.5. The fourth-order valence-electron chi connectivity index (χ4n) is 0. The molecule has 0 rings (SSSR count). The predicted octanol–water partition coefficient (Wildman–Crippen LogP) is -1.01. The van der Waals surface area contributed by atoms with Crippen LogP contribution in [-0.2, 0) is 26.3 Å². The fraction of sp³-hybridized carbons (Fsp3) is 0. The Hall–Kier alpha value is 2.10. The van der Waals surface area contributed by atoms with E-state index in [4.69, 9.17) is 8.08 Å². The third-order valence-electron chi connectivity index (χ3n) is 0. The summed E-state index contributed by atoms with van der Waals surface area (Å²) in [6, 6.07) is 0. The topological polar surface area (TPSA) is 51.2 Å². The number of hydrogen-bond acceptors (Lipinski definition) is 3. The molecule has 0 aliphatic heterocycles. The summed E-state index contributed by atoms with van der Waals surface area (Å²) in [7, 11) is 0. The van der Waals surface area contributed by atoms with E-state index in [-0.39, 0.29) is 76.8 Å². The first-order valence-corrected chi connectivity index (χ1v) is 5.01. The van der Waals surface area contributed by atoms with Crippen LogP contribution in [0.15, 0.2) is 0 Å². The van der Waals surface area contributed by atoms with E-state index >= 15 is 0 Å². The third-order valence-corrected chi connectivity index (χ3v) is 0. The zero-order valence-electron chi connectivity index (χ0n) is 3.01. The number of hydrogen-bond donors (Lipinski definition) is 0. The molecule has 0 heterocycles. The summed E-state index contributed by atoms with van der Waals surface area (Å²) in [5.74, 6) is 0. The molecule has 0 radical (unpaired) electrons. The molecular weight excluding hydrogens is 461 g/mol. The quantitative estimate of drug-likeness (QED) is 0.434. The zero-order valence-corrected chi connectivity index (χ0v) is 13.5. The van der Waals surface area contributed by atoms with Crippen LogP contribution in [0.5, 0.6) is 0 Å². The molecule has 0 aromatic rings. The maximum absolute atomic E-state index is 8.42. The van der Waals surface area contributed by atoms with Gasteiger partial charge in [0, 0.05) is 0 Å². The van der Waals surface area contributed by atoms with Crippen molar-refractivity contribution in [3.63, 3.8) is 0 Å². The van der Waals surface area contributed by atoms with E-state index in [1.807, 2.05) is 0 Å². The first kappa shape index (κ1) is 15.7. The summed E-state index contributed by atoms with van der Waals surface area (Å²) in [5.41, 5.74) is 0. The van der Waals surface area contributed by atoms with Crippen LogP contribution in [0.3, 0.4) is 0 Å². The van der Waals surface area contributed by atoms with Gasteiger partial charge in [0.2, 0.25) is 0 Å². The van der Waals surface area contributed by atoms with E-state index in [1.165, 1.54) is 0 Å². The van der Waals surface area contributed by atoms with Crippen LogP contribution < -0.4 is 0 Å². The van der Waals surface area contributed by atoms with Crippen LogP contribution >= 0.6 is 0 Å². The second kappa shape index (κ2) is 59.9. The van der Waals surface area contributed by atoms with Crippen molar-refractivity contribution < 1.29 is 60.1 Å². The first-order valence-electron chi connectivity index (χ1n) is 0.729. The van der Waals surface area contributed by atoms with E-state index in [9.17, 15) is 0 Å². The van der Waals surface area contributed by atoms with Crippen LogP contribution in [-0.4, -0.2) is 24.7 Å². The molecule has 0 spiro atoms. The van der Waals surface area contributed by atoms with Crippen molar-refractivity contribution >= 4 is 24.7 Å². The average molecular weight is 462 g/mol. The van der Waals surface area contributed by atoms with Gasteiger partial charge in [-0.3, -0.25) is 0 Å². The van der Waals surface area contributed by atoms with Gasteiger partial charge in [0.1, 0.15) is 0 Å². The van der Waals surface area contributed by atoms with E-state index in [0.717, 1.165) is 0 Å². The summed E-state index contributed by atoms with van der Waals surface area (Å²) < 4.78 is 25.2. The van der Waals surface area contributed by atoms with E-state index < -0.39 is 0 Å². The molecule has 0 bridgehead atoms. The Morgan fingerprint density at radius 2 is 1.17 bits per heavy atom. The Kier molecular flexibility index (Phi) is 157. The fourth-order valence-corrected chi connectivity index (χ4v) is 0. The molecular formula is HBiLaO3Zn. The molecule has 0 amide bonds. The summed E-state index contributed by atoms with van der Waals surface area (Å²) in [5, 5.41) is 0. The average Bonchev–Trinajstić information content (AvgIpc) is 1.81. The van der Waals surface area contributed by atoms with Gasteiger partial charge in [-0.1, -0.05) is 0 Å². The third kappa shape index (κ3) is 36.0. The summed E-state index contributed by atoms with van der Waals surface area (Å²) in [4.78, 5) is 0. The van der Waals surface area contributed by atoms with Gasteiger partial charge in [0.15, 0.2) is 0 Å². The van der Waals surface area contributed by atoms with Crippen LogP contribution in [0.4, 0.5) is 0 Å². The van der Waals surface area contributed by atoms with Crippen molar-refractivity contribution in [3.8, 4) is 0 Å². The molecule has 3 nitrogen and oxygen atoms in total. The Balaban J connectivity index is -0.0000000225. The second-order valence-electron chi connectivity index (χ2n) is 0. The summed E-state index contributed by atoms with van der Waals surface area (Å²) in [6.45, 7) is 0. The zero-order chi connectivity index (χ0) is 6.00. The molecule has 0 aromatic heterocycles. The van der Waals surface area contributed by atoms with E-state index in [0.29, 0.717) is 0 Å². The predicted molar refractivity (Wildman–Crippen MR) is 9.21 cm³/mol. The Labute approximate surface area is 83.2 Å².